The molecule has 2 aromatic heterocycles. The van der Waals surface area contributed by atoms with Crippen LogP contribution in [0.3, 0.4) is 0 Å². The third kappa shape index (κ3) is 4.52. The number of benzene rings is 1. The molecule has 7 nitrogen and oxygen atoms in total. The zero-order valence-corrected chi connectivity index (χ0v) is 16.5. The normalized spacial score (nSPS) is 10.5. The molecule has 2 heterocycles. The number of thiazole rings is 1. The number of carbonyl (C=O) groups is 2. The number of amides is 2. The van der Waals surface area contributed by atoms with Gasteiger partial charge in [0.15, 0.2) is 0 Å². The van der Waals surface area contributed by atoms with Gasteiger partial charge in [-0.05, 0) is 35.9 Å². The Morgan fingerprint density at radius 2 is 1.93 bits per heavy atom. The lowest BCUT2D eigenvalue weighted by atomic mass is 10.2. The molecule has 28 heavy (non-hydrogen) atoms. The first kappa shape index (κ1) is 19.5. The van der Waals surface area contributed by atoms with Crippen LogP contribution in [0.25, 0.3) is 10.6 Å². The molecule has 0 aliphatic carbocycles. The van der Waals surface area contributed by atoms with Gasteiger partial charge in [-0.1, -0.05) is 13.0 Å². The summed E-state index contributed by atoms with van der Waals surface area (Å²) in [6.45, 7) is 2.19. The van der Waals surface area contributed by atoms with Gasteiger partial charge in [-0.3, -0.25) is 9.59 Å². The van der Waals surface area contributed by atoms with Gasteiger partial charge in [0.05, 0.1) is 0 Å². The minimum atomic E-state index is -0.246. The van der Waals surface area contributed by atoms with Crippen molar-refractivity contribution >= 4 is 34.7 Å². The molecule has 1 aromatic carbocycles. The number of nitrogen functional groups attached to an aromatic ring is 1. The molecular formula is C20H21N5O2S. The van der Waals surface area contributed by atoms with E-state index in [2.05, 4.69) is 15.3 Å². The van der Waals surface area contributed by atoms with E-state index in [1.54, 1.807) is 29.6 Å². The third-order valence-electron chi connectivity index (χ3n) is 4.22. The van der Waals surface area contributed by atoms with Crippen molar-refractivity contribution in [3.8, 4) is 10.6 Å². The summed E-state index contributed by atoms with van der Waals surface area (Å²) in [5.41, 5.74) is 8.50. The highest BCUT2D eigenvalue weighted by molar-refractivity contribution is 7.13. The first-order valence-electron chi connectivity index (χ1n) is 8.79. The predicted octanol–water partition coefficient (Wildman–Crippen LogP) is 3.09. The summed E-state index contributed by atoms with van der Waals surface area (Å²) < 4.78 is 0. The number of rotatable bonds is 6. The van der Waals surface area contributed by atoms with Gasteiger partial charge < -0.3 is 16.0 Å². The number of pyridine rings is 1. The molecular weight excluding hydrogens is 374 g/mol. The Balaban J connectivity index is 1.65. The van der Waals surface area contributed by atoms with Gasteiger partial charge >= 0.3 is 0 Å². The molecule has 0 saturated heterocycles. The van der Waals surface area contributed by atoms with Crippen molar-refractivity contribution in [2.45, 2.75) is 19.9 Å². The SMILES string of the molecule is CCC(=O)N(C)c1ccc(-c2nc(C(=O)NCc3ccc(N)nc3)cs2)cc1. The van der Waals surface area contributed by atoms with Crippen LogP contribution in [0, 0.1) is 0 Å². The summed E-state index contributed by atoms with van der Waals surface area (Å²) in [7, 11) is 1.75. The molecule has 0 aliphatic rings. The largest absolute Gasteiger partial charge is 0.384 e. The van der Waals surface area contributed by atoms with E-state index in [1.165, 1.54) is 11.3 Å². The fourth-order valence-corrected chi connectivity index (χ4v) is 3.34. The lowest BCUT2D eigenvalue weighted by Crippen LogP contribution is -2.24. The van der Waals surface area contributed by atoms with E-state index >= 15 is 0 Å². The van der Waals surface area contributed by atoms with Crippen molar-refractivity contribution in [2.75, 3.05) is 17.7 Å². The average Bonchev–Trinajstić information content (AvgIpc) is 3.22. The second-order valence-corrected chi connectivity index (χ2v) is 7.02. The van der Waals surface area contributed by atoms with Crippen LogP contribution < -0.4 is 16.0 Å². The summed E-state index contributed by atoms with van der Waals surface area (Å²) in [5.74, 6) is 0.247. The van der Waals surface area contributed by atoms with Crippen LogP contribution >= 0.6 is 11.3 Å². The van der Waals surface area contributed by atoms with Crippen LogP contribution in [0.15, 0.2) is 48.0 Å². The second-order valence-electron chi connectivity index (χ2n) is 6.17. The van der Waals surface area contributed by atoms with Crippen molar-refractivity contribution in [1.82, 2.24) is 15.3 Å². The average molecular weight is 395 g/mol. The summed E-state index contributed by atoms with van der Waals surface area (Å²) in [6.07, 6.45) is 2.08. The maximum absolute atomic E-state index is 12.3. The number of nitrogens with one attached hydrogen (secondary N) is 1. The highest BCUT2D eigenvalue weighted by atomic mass is 32.1. The first-order valence-corrected chi connectivity index (χ1v) is 9.67. The topological polar surface area (TPSA) is 101 Å². The maximum atomic E-state index is 12.3. The standard InChI is InChI=1S/C20H21N5O2S/c1-3-18(26)25(2)15-7-5-14(6-8-15)20-24-16(12-28-20)19(27)23-11-13-4-9-17(21)22-10-13/h4-10,12H,3,11H2,1-2H3,(H2,21,22)(H,23,27). The van der Waals surface area contributed by atoms with Crippen LogP contribution in [0.2, 0.25) is 0 Å². The number of carbonyl (C=O) groups excluding carboxylic acids is 2. The van der Waals surface area contributed by atoms with Crippen molar-refractivity contribution in [3.63, 3.8) is 0 Å². The minimum absolute atomic E-state index is 0.0530. The molecule has 8 heteroatoms. The first-order chi connectivity index (χ1) is 13.5. The molecule has 0 saturated carbocycles. The number of aromatic nitrogens is 2. The molecule has 0 radical (unpaired) electrons. The zero-order chi connectivity index (χ0) is 20.1. The van der Waals surface area contributed by atoms with Gasteiger partial charge in [-0.2, -0.15) is 0 Å². The number of nitrogens with zero attached hydrogens (tertiary/aromatic N) is 3. The lowest BCUT2D eigenvalue weighted by molar-refractivity contribution is -0.118. The Morgan fingerprint density at radius 3 is 2.57 bits per heavy atom. The molecule has 0 fully saturated rings. The second kappa shape index (κ2) is 8.62. The Morgan fingerprint density at radius 1 is 1.18 bits per heavy atom. The Hall–Kier alpha value is -3.26. The Labute approximate surface area is 167 Å². The highest BCUT2D eigenvalue weighted by Gasteiger charge is 2.13. The van der Waals surface area contributed by atoms with Gasteiger partial charge in [-0.15, -0.1) is 11.3 Å². The number of hydrogen-bond donors (Lipinski definition) is 2. The van der Waals surface area contributed by atoms with E-state index in [1.807, 2.05) is 37.3 Å². The molecule has 3 N–H and O–H groups in total. The molecule has 0 spiro atoms. The Bertz CT molecular complexity index is 967. The molecule has 0 bridgehead atoms. The lowest BCUT2D eigenvalue weighted by Gasteiger charge is -2.16. The van der Waals surface area contributed by atoms with E-state index in [-0.39, 0.29) is 11.8 Å². The van der Waals surface area contributed by atoms with Gasteiger partial charge in [0.25, 0.3) is 5.91 Å². The molecule has 144 valence electrons. The summed E-state index contributed by atoms with van der Waals surface area (Å²) >= 11 is 1.40. The summed E-state index contributed by atoms with van der Waals surface area (Å²) in [5, 5.41) is 5.30. The van der Waals surface area contributed by atoms with Crippen LogP contribution in [0.5, 0.6) is 0 Å². The monoisotopic (exact) mass is 395 g/mol. The van der Waals surface area contributed by atoms with Gasteiger partial charge in [-0.25, -0.2) is 9.97 Å². The maximum Gasteiger partial charge on any atom is 0.271 e. The smallest absolute Gasteiger partial charge is 0.271 e. The van der Waals surface area contributed by atoms with Crippen LogP contribution in [0.4, 0.5) is 11.5 Å². The van der Waals surface area contributed by atoms with Crippen LogP contribution in [0.1, 0.15) is 29.4 Å². The van der Waals surface area contributed by atoms with Crippen molar-refractivity contribution < 1.29 is 9.59 Å². The van der Waals surface area contributed by atoms with Crippen LogP contribution in [-0.2, 0) is 11.3 Å². The highest BCUT2D eigenvalue weighted by Crippen LogP contribution is 2.26. The van der Waals surface area contributed by atoms with E-state index in [4.69, 9.17) is 5.73 Å². The molecule has 3 aromatic rings. The zero-order valence-electron chi connectivity index (χ0n) is 15.7. The van der Waals surface area contributed by atoms with Gasteiger partial charge in [0, 0.05) is 42.8 Å². The number of nitrogens with two attached hydrogens (primary N) is 1. The fourth-order valence-electron chi connectivity index (χ4n) is 2.53. The van der Waals surface area contributed by atoms with E-state index in [0.717, 1.165) is 21.8 Å². The number of hydrogen-bond acceptors (Lipinski definition) is 6. The summed E-state index contributed by atoms with van der Waals surface area (Å²) in [6, 6.07) is 11.1. The van der Waals surface area contributed by atoms with E-state index in [9.17, 15) is 9.59 Å². The Kier molecular flexibility index (Phi) is 6.00. The molecule has 0 aliphatic heterocycles. The van der Waals surface area contributed by atoms with E-state index < -0.39 is 0 Å². The predicted molar refractivity (Wildman–Crippen MR) is 111 cm³/mol. The van der Waals surface area contributed by atoms with Crippen LogP contribution in [-0.4, -0.2) is 28.8 Å². The van der Waals surface area contributed by atoms with Crippen molar-refractivity contribution in [2.24, 2.45) is 0 Å². The quantitative estimate of drug-likeness (QED) is 0.668. The van der Waals surface area contributed by atoms with Gasteiger partial charge in [0.2, 0.25) is 5.91 Å². The molecule has 3 rings (SSSR count). The molecule has 2 amide bonds. The molecule has 0 atom stereocenters. The number of anilines is 2. The van der Waals surface area contributed by atoms with Gasteiger partial charge in [0.1, 0.15) is 16.5 Å². The molecule has 0 unspecified atom stereocenters. The third-order valence-corrected chi connectivity index (χ3v) is 5.11. The minimum Gasteiger partial charge on any atom is -0.384 e. The fraction of sp³-hybridized carbons (Fsp3) is 0.200. The van der Waals surface area contributed by atoms with Crippen molar-refractivity contribution in [3.05, 3.63) is 59.2 Å². The van der Waals surface area contributed by atoms with E-state index in [0.29, 0.717) is 24.5 Å². The summed E-state index contributed by atoms with van der Waals surface area (Å²) in [4.78, 5) is 34.2. The van der Waals surface area contributed by atoms with Crippen molar-refractivity contribution in [1.29, 1.82) is 0 Å².